The van der Waals surface area contributed by atoms with Crippen LogP contribution in [0.15, 0.2) is 59.2 Å². The number of hydrogen-bond acceptors (Lipinski definition) is 3. The zero-order chi connectivity index (χ0) is 19.1. The maximum atomic E-state index is 12.7. The molecule has 1 aromatic heterocycles. The van der Waals surface area contributed by atoms with Crippen molar-refractivity contribution in [2.24, 2.45) is 0 Å². The molecule has 1 fully saturated rings. The van der Waals surface area contributed by atoms with Crippen LogP contribution < -0.4 is 5.32 Å². The quantitative estimate of drug-likeness (QED) is 0.762. The van der Waals surface area contributed by atoms with Crippen molar-refractivity contribution in [3.63, 3.8) is 0 Å². The summed E-state index contributed by atoms with van der Waals surface area (Å²) in [5.41, 5.74) is 1.27. The van der Waals surface area contributed by atoms with E-state index in [4.69, 9.17) is 4.42 Å². The van der Waals surface area contributed by atoms with Gasteiger partial charge in [-0.15, -0.1) is 0 Å². The highest BCUT2D eigenvalue weighted by Crippen LogP contribution is 2.33. The summed E-state index contributed by atoms with van der Waals surface area (Å²) >= 11 is 0. The van der Waals surface area contributed by atoms with Crippen molar-refractivity contribution in [1.29, 1.82) is 0 Å². The SMILES string of the molecule is CCC(c1ccccc1)C1CCCN1C(=O)CNC(=O)/C=C/c1ccco1. The van der Waals surface area contributed by atoms with Crippen LogP contribution in [-0.4, -0.2) is 35.8 Å². The van der Waals surface area contributed by atoms with E-state index in [0.29, 0.717) is 11.7 Å². The van der Waals surface area contributed by atoms with Gasteiger partial charge in [-0.2, -0.15) is 0 Å². The van der Waals surface area contributed by atoms with Crippen molar-refractivity contribution in [1.82, 2.24) is 10.2 Å². The summed E-state index contributed by atoms with van der Waals surface area (Å²) in [5, 5.41) is 2.68. The number of amides is 2. The van der Waals surface area contributed by atoms with Gasteiger partial charge in [0.25, 0.3) is 0 Å². The Bertz CT molecular complexity index is 768. The predicted octanol–water partition coefficient (Wildman–Crippen LogP) is 3.59. The van der Waals surface area contributed by atoms with Crippen molar-refractivity contribution in [3.8, 4) is 0 Å². The van der Waals surface area contributed by atoms with Crippen molar-refractivity contribution >= 4 is 17.9 Å². The molecule has 2 heterocycles. The molecule has 0 aliphatic carbocycles. The molecule has 5 nitrogen and oxygen atoms in total. The minimum absolute atomic E-state index is 0.0169. The highest BCUT2D eigenvalue weighted by Gasteiger charge is 2.34. The van der Waals surface area contributed by atoms with Gasteiger partial charge in [-0.3, -0.25) is 9.59 Å². The molecule has 1 N–H and O–H groups in total. The fourth-order valence-corrected chi connectivity index (χ4v) is 3.82. The number of benzene rings is 1. The van der Waals surface area contributed by atoms with E-state index >= 15 is 0 Å². The molecule has 0 saturated carbocycles. The fraction of sp³-hybridized carbons (Fsp3) is 0.364. The molecule has 2 amide bonds. The Balaban J connectivity index is 1.57. The largest absolute Gasteiger partial charge is 0.465 e. The third kappa shape index (κ3) is 4.88. The Morgan fingerprint density at radius 1 is 1.26 bits per heavy atom. The van der Waals surface area contributed by atoms with Gasteiger partial charge in [-0.1, -0.05) is 37.3 Å². The zero-order valence-electron chi connectivity index (χ0n) is 15.6. The third-order valence-corrected chi connectivity index (χ3v) is 5.11. The lowest BCUT2D eigenvalue weighted by Crippen LogP contribution is -2.44. The Morgan fingerprint density at radius 3 is 2.78 bits per heavy atom. The van der Waals surface area contributed by atoms with Gasteiger partial charge < -0.3 is 14.6 Å². The molecule has 0 radical (unpaired) electrons. The molecule has 2 aromatic rings. The second kappa shape index (κ2) is 9.21. The van der Waals surface area contributed by atoms with Crippen LogP contribution in [-0.2, 0) is 9.59 Å². The maximum Gasteiger partial charge on any atom is 0.244 e. The molecule has 1 aromatic carbocycles. The van der Waals surface area contributed by atoms with Crippen LogP contribution in [0.4, 0.5) is 0 Å². The summed E-state index contributed by atoms with van der Waals surface area (Å²) in [6.07, 6.45) is 7.51. The summed E-state index contributed by atoms with van der Waals surface area (Å²) in [7, 11) is 0. The normalized spacial score (nSPS) is 18.0. The average molecular weight is 366 g/mol. The summed E-state index contributed by atoms with van der Waals surface area (Å²) in [6, 6.07) is 14.1. The van der Waals surface area contributed by atoms with E-state index in [-0.39, 0.29) is 24.4 Å². The van der Waals surface area contributed by atoms with Crippen molar-refractivity contribution < 1.29 is 14.0 Å². The lowest BCUT2D eigenvalue weighted by Gasteiger charge is -2.31. The van der Waals surface area contributed by atoms with Crippen molar-refractivity contribution in [2.45, 2.75) is 38.1 Å². The Kier molecular flexibility index (Phi) is 6.47. The number of rotatable bonds is 7. The molecule has 3 rings (SSSR count). The first-order chi connectivity index (χ1) is 13.2. The molecule has 1 aliphatic rings. The molecule has 0 bridgehead atoms. The van der Waals surface area contributed by atoms with Crippen LogP contribution in [0.25, 0.3) is 6.08 Å². The third-order valence-electron chi connectivity index (χ3n) is 5.11. The minimum atomic E-state index is -0.300. The van der Waals surface area contributed by atoms with Crippen LogP contribution in [0.1, 0.15) is 43.4 Å². The summed E-state index contributed by atoms with van der Waals surface area (Å²) in [5.74, 6) is 0.606. The number of carbonyl (C=O) groups excluding carboxylic acids is 2. The van der Waals surface area contributed by atoms with Gasteiger partial charge in [-0.05, 0) is 43.0 Å². The van der Waals surface area contributed by atoms with Crippen LogP contribution in [0.2, 0.25) is 0 Å². The van der Waals surface area contributed by atoms with E-state index in [2.05, 4.69) is 24.4 Å². The first kappa shape index (κ1) is 19.0. The van der Waals surface area contributed by atoms with E-state index < -0.39 is 0 Å². The van der Waals surface area contributed by atoms with Gasteiger partial charge >= 0.3 is 0 Å². The van der Waals surface area contributed by atoms with Gasteiger partial charge in [0.05, 0.1) is 12.8 Å². The standard InChI is InChI=1S/C22H26N2O3/c1-2-19(17-8-4-3-5-9-17)20-11-6-14-24(20)22(26)16-23-21(25)13-12-18-10-7-15-27-18/h3-5,7-10,12-13,15,19-20H,2,6,11,14,16H2,1H3,(H,23,25)/b13-12+. The highest BCUT2D eigenvalue weighted by atomic mass is 16.3. The Hall–Kier alpha value is -2.82. The molecule has 2 unspecified atom stereocenters. The molecular formula is C22H26N2O3. The lowest BCUT2D eigenvalue weighted by molar-refractivity contribution is -0.133. The molecule has 142 valence electrons. The van der Waals surface area contributed by atoms with Crippen LogP contribution in [0.3, 0.4) is 0 Å². The highest BCUT2D eigenvalue weighted by molar-refractivity contribution is 5.94. The molecule has 1 saturated heterocycles. The van der Waals surface area contributed by atoms with E-state index in [0.717, 1.165) is 25.8 Å². The Morgan fingerprint density at radius 2 is 2.07 bits per heavy atom. The average Bonchev–Trinajstić information content (AvgIpc) is 3.38. The van der Waals surface area contributed by atoms with Gasteiger partial charge in [0, 0.05) is 24.6 Å². The molecule has 1 aliphatic heterocycles. The first-order valence-corrected chi connectivity index (χ1v) is 9.53. The monoisotopic (exact) mass is 366 g/mol. The summed E-state index contributed by atoms with van der Waals surface area (Å²) < 4.78 is 5.14. The predicted molar refractivity (Wildman–Crippen MR) is 105 cm³/mol. The number of hydrogen-bond donors (Lipinski definition) is 1. The summed E-state index contributed by atoms with van der Waals surface area (Å²) in [4.78, 5) is 26.6. The number of furan rings is 1. The second-order valence-electron chi connectivity index (χ2n) is 6.79. The number of nitrogens with one attached hydrogen (secondary N) is 1. The van der Waals surface area contributed by atoms with Crippen LogP contribution in [0, 0.1) is 0 Å². The van der Waals surface area contributed by atoms with Crippen molar-refractivity contribution in [2.75, 3.05) is 13.1 Å². The lowest BCUT2D eigenvalue weighted by atomic mass is 9.87. The topological polar surface area (TPSA) is 62.6 Å². The zero-order valence-corrected chi connectivity index (χ0v) is 15.6. The smallest absolute Gasteiger partial charge is 0.244 e. The molecule has 2 atom stereocenters. The van der Waals surface area contributed by atoms with Gasteiger partial charge in [0.2, 0.25) is 11.8 Å². The van der Waals surface area contributed by atoms with E-state index in [1.165, 1.54) is 11.6 Å². The first-order valence-electron chi connectivity index (χ1n) is 9.53. The minimum Gasteiger partial charge on any atom is -0.465 e. The maximum absolute atomic E-state index is 12.7. The Labute approximate surface area is 160 Å². The fourth-order valence-electron chi connectivity index (χ4n) is 3.82. The van der Waals surface area contributed by atoms with Gasteiger partial charge in [-0.25, -0.2) is 0 Å². The molecular weight excluding hydrogens is 340 g/mol. The van der Waals surface area contributed by atoms with Gasteiger partial charge in [0.1, 0.15) is 5.76 Å². The van der Waals surface area contributed by atoms with E-state index in [1.807, 2.05) is 23.1 Å². The number of carbonyl (C=O) groups is 2. The summed E-state index contributed by atoms with van der Waals surface area (Å²) in [6.45, 7) is 2.94. The molecule has 0 spiro atoms. The molecule has 27 heavy (non-hydrogen) atoms. The van der Waals surface area contributed by atoms with Gasteiger partial charge in [0.15, 0.2) is 0 Å². The number of likely N-dealkylation sites (tertiary alicyclic amines) is 1. The second-order valence-corrected chi connectivity index (χ2v) is 6.79. The van der Waals surface area contributed by atoms with Crippen molar-refractivity contribution in [3.05, 3.63) is 66.1 Å². The van der Waals surface area contributed by atoms with Crippen LogP contribution >= 0.6 is 0 Å². The molecule has 5 heteroatoms. The number of nitrogens with zero attached hydrogens (tertiary/aromatic N) is 1. The van der Waals surface area contributed by atoms with Crippen LogP contribution in [0.5, 0.6) is 0 Å². The van der Waals surface area contributed by atoms with E-state index in [1.54, 1.807) is 24.5 Å². The van der Waals surface area contributed by atoms with E-state index in [9.17, 15) is 9.59 Å².